The first-order valence-electron chi connectivity index (χ1n) is 8.25. The third-order valence-electron chi connectivity index (χ3n) is 3.84. The number of ether oxygens (including phenoxy) is 1. The monoisotopic (exact) mass is 431 g/mol. The largest absolute Gasteiger partial charge is 0.490 e. The summed E-state index contributed by atoms with van der Waals surface area (Å²) in [7, 11) is 0. The Morgan fingerprint density at radius 2 is 1.63 bits per heavy atom. The molecule has 0 N–H and O–H groups in total. The van der Waals surface area contributed by atoms with Crippen molar-refractivity contribution in [3.8, 4) is 11.6 Å². The predicted octanol–water partition coefficient (Wildman–Crippen LogP) is 6.39. The Morgan fingerprint density at radius 3 is 2.27 bits per heavy atom. The molecule has 2 aromatic carbocycles. The molecule has 1 heterocycles. The van der Waals surface area contributed by atoms with Gasteiger partial charge in [-0.2, -0.15) is 13.2 Å². The minimum atomic E-state index is -4.97. The van der Waals surface area contributed by atoms with Crippen molar-refractivity contribution in [2.24, 2.45) is 0 Å². The zero-order chi connectivity index (χ0) is 22.1. The van der Waals surface area contributed by atoms with Gasteiger partial charge in [0.1, 0.15) is 23.7 Å². The summed E-state index contributed by atoms with van der Waals surface area (Å²) in [6, 6.07) is 8.18. The van der Waals surface area contributed by atoms with E-state index in [-0.39, 0.29) is 10.6 Å². The van der Waals surface area contributed by atoms with Gasteiger partial charge in [0.2, 0.25) is 5.88 Å². The summed E-state index contributed by atoms with van der Waals surface area (Å²) in [6.45, 7) is 1.61. The highest BCUT2D eigenvalue weighted by Gasteiger charge is 2.40. The Balaban J connectivity index is 1.97. The van der Waals surface area contributed by atoms with Crippen LogP contribution in [0.3, 0.4) is 0 Å². The molecule has 1 aromatic heterocycles. The molecule has 0 aliphatic heterocycles. The van der Waals surface area contributed by atoms with Crippen LogP contribution in [0.4, 0.5) is 42.2 Å². The molecule has 0 atom stereocenters. The third kappa shape index (κ3) is 4.78. The number of halogens is 7. The molecule has 0 saturated heterocycles. The van der Waals surface area contributed by atoms with E-state index in [9.17, 15) is 30.7 Å². The van der Waals surface area contributed by atoms with Gasteiger partial charge in [0, 0.05) is 6.07 Å². The Kier molecular flexibility index (Phi) is 5.55. The first kappa shape index (κ1) is 21.3. The molecule has 0 aliphatic rings. The minimum absolute atomic E-state index is 0.0274. The fourth-order valence-corrected chi connectivity index (χ4v) is 2.59. The quantitative estimate of drug-likeness (QED) is 0.354. The van der Waals surface area contributed by atoms with Crippen LogP contribution in [-0.4, -0.2) is 16.3 Å². The van der Waals surface area contributed by atoms with Gasteiger partial charge in [0.15, 0.2) is 0 Å². The van der Waals surface area contributed by atoms with Crippen molar-refractivity contribution in [3.63, 3.8) is 0 Å². The van der Waals surface area contributed by atoms with Gasteiger partial charge >= 0.3 is 12.5 Å². The van der Waals surface area contributed by atoms with E-state index in [1.54, 1.807) is 13.0 Å². The zero-order valence-corrected chi connectivity index (χ0v) is 15.1. The molecule has 158 valence electrons. The minimum Gasteiger partial charge on any atom is -0.439 e. The maximum Gasteiger partial charge on any atom is 0.490 e. The molecule has 3 aromatic rings. The van der Waals surface area contributed by atoms with E-state index in [0.29, 0.717) is 17.7 Å². The molecule has 4 nitrogen and oxygen atoms in total. The van der Waals surface area contributed by atoms with Crippen molar-refractivity contribution in [3.05, 3.63) is 71.8 Å². The van der Waals surface area contributed by atoms with Gasteiger partial charge in [-0.05, 0) is 42.8 Å². The van der Waals surface area contributed by atoms with E-state index in [0.717, 1.165) is 18.5 Å². The Hall–Kier alpha value is -3.37. The van der Waals surface area contributed by atoms with Crippen LogP contribution in [0.5, 0.6) is 11.6 Å². The summed E-state index contributed by atoms with van der Waals surface area (Å²) in [5.41, 5.74) is -1.24. The van der Waals surface area contributed by atoms with Crippen LogP contribution in [0, 0.1) is 12.7 Å². The van der Waals surface area contributed by atoms with Crippen molar-refractivity contribution < 1.29 is 35.5 Å². The smallest absolute Gasteiger partial charge is 0.439 e. The van der Waals surface area contributed by atoms with Gasteiger partial charge < -0.3 is 4.74 Å². The SMILES string of the molecule is Cc1cccc(N(c2cc(Oc3ccc(F)c(C(F)(F)F)c3)ncn2)C(F)(F)F)c1. The maximum atomic E-state index is 13.7. The lowest BCUT2D eigenvalue weighted by Gasteiger charge is -2.26. The normalized spacial score (nSPS) is 12.0. The second-order valence-electron chi connectivity index (χ2n) is 6.10. The van der Waals surface area contributed by atoms with E-state index in [1.165, 1.54) is 18.2 Å². The van der Waals surface area contributed by atoms with Crippen molar-refractivity contribution in [2.45, 2.75) is 19.4 Å². The maximum absolute atomic E-state index is 13.7. The second-order valence-corrected chi connectivity index (χ2v) is 6.10. The highest BCUT2D eigenvalue weighted by molar-refractivity contribution is 5.62. The number of hydrogen-bond donors (Lipinski definition) is 0. The fraction of sp³-hybridized carbons (Fsp3) is 0.158. The van der Waals surface area contributed by atoms with Crippen molar-refractivity contribution >= 4 is 11.5 Å². The van der Waals surface area contributed by atoms with Crippen LogP contribution in [0.2, 0.25) is 0 Å². The molecule has 0 spiro atoms. The summed E-state index contributed by atoms with van der Waals surface area (Å²) < 4.78 is 98.0. The summed E-state index contributed by atoms with van der Waals surface area (Å²) in [6.07, 6.45) is -9.06. The number of rotatable bonds is 4. The zero-order valence-electron chi connectivity index (χ0n) is 15.1. The number of aromatic nitrogens is 2. The number of aryl methyl sites for hydroxylation is 1. The van der Waals surface area contributed by atoms with E-state index in [4.69, 9.17) is 4.74 Å². The third-order valence-corrected chi connectivity index (χ3v) is 3.84. The van der Waals surface area contributed by atoms with E-state index in [1.807, 2.05) is 0 Å². The lowest BCUT2D eigenvalue weighted by molar-refractivity contribution is -0.140. The number of alkyl halides is 6. The number of benzene rings is 2. The first-order valence-corrected chi connectivity index (χ1v) is 8.25. The Bertz CT molecular complexity index is 1050. The fourth-order valence-electron chi connectivity index (χ4n) is 2.59. The standard InChI is InChI=1S/C19H12F7N3O/c1-11-3-2-4-12(7-11)29(19(24,25)26)16-9-17(28-10-27-16)30-13-5-6-15(20)14(8-13)18(21,22)23/h2-10H,1H3. The molecule has 0 radical (unpaired) electrons. The van der Waals surface area contributed by atoms with E-state index >= 15 is 0 Å². The lowest BCUT2D eigenvalue weighted by Crippen LogP contribution is -2.34. The van der Waals surface area contributed by atoms with Gasteiger partial charge in [-0.25, -0.2) is 19.3 Å². The first-order chi connectivity index (χ1) is 13.9. The Labute approximate surface area is 165 Å². The van der Waals surface area contributed by atoms with E-state index in [2.05, 4.69) is 9.97 Å². The molecule has 30 heavy (non-hydrogen) atoms. The Morgan fingerprint density at radius 1 is 0.900 bits per heavy atom. The van der Waals surface area contributed by atoms with Gasteiger partial charge in [-0.3, -0.25) is 0 Å². The van der Waals surface area contributed by atoms with Crippen molar-refractivity contribution in [1.29, 1.82) is 0 Å². The van der Waals surface area contributed by atoms with Gasteiger partial charge in [-0.1, -0.05) is 12.1 Å². The molecule has 0 saturated carbocycles. The summed E-state index contributed by atoms with van der Waals surface area (Å²) >= 11 is 0. The molecule has 0 bridgehead atoms. The molecular weight excluding hydrogens is 419 g/mol. The van der Waals surface area contributed by atoms with Crippen LogP contribution in [0.15, 0.2) is 54.9 Å². The van der Waals surface area contributed by atoms with Gasteiger partial charge in [-0.15, -0.1) is 13.2 Å². The summed E-state index contributed by atoms with van der Waals surface area (Å²) in [4.78, 5) is 7.19. The van der Waals surface area contributed by atoms with Crippen molar-refractivity contribution in [2.75, 3.05) is 4.90 Å². The molecule has 0 fully saturated rings. The lowest BCUT2D eigenvalue weighted by atomic mass is 10.2. The average Bonchev–Trinajstić information content (AvgIpc) is 2.62. The number of hydrogen-bond acceptors (Lipinski definition) is 4. The van der Waals surface area contributed by atoms with Crippen LogP contribution in [-0.2, 0) is 6.18 Å². The van der Waals surface area contributed by atoms with Crippen LogP contribution in [0.1, 0.15) is 11.1 Å². The number of anilines is 2. The van der Waals surface area contributed by atoms with Crippen LogP contribution in [0.25, 0.3) is 0 Å². The molecule has 0 aliphatic carbocycles. The average molecular weight is 431 g/mol. The highest BCUT2D eigenvalue weighted by atomic mass is 19.4. The van der Waals surface area contributed by atoms with Gasteiger partial charge in [0.25, 0.3) is 0 Å². The van der Waals surface area contributed by atoms with Crippen molar-refractivity contribution in [1.82, 2.24) is 9.97 Å². The van der Waals surface area contributed by atoms with E-state index < -0.39 is 41.3 Å². The van der Waals surface area contributed by atoms with Crippen LogP contribution >= 0.6 is 0 Å². The number of nitrogens with zero attached hydrogens (tertiary/aromatic N) is 3. The predicted molar refractivity (Wildman–Crippen MR) is 92.9 cm³/mol. The van der Waals surface area contributed by atoms with Crippen LogP contribution < -0.4 is 9.64 Å². The summed E-state index contributed by atoms with van der Waals surface area (Å²) in [5.74, 6) is -3.04. The molecule has 0 amide bonds. The molecule has 0 unspecified atom stereocenters. The molecule has 11 heteroatoms. The second kappa shape index (κ2) is 7.81. The summed E-state index contributed by atoms with van der Waals surface area (Å²) in [5, 5.41) is 0. The molecular formula is C19H12F7N3O. The topological polar surface area (TPSA) is 38.2 Å². The highest BCUT2D eigenvalue weighted by Crippen LogP contribution is 2.38. The van der Waals surface area contributed by atoms with Gasteiger partial charge in [0.05, 0.1) is 11.3 Å². The molecule has 3 rings (SSSR count).